The van der Waals surface area contributed by atoms with Gasteiger partial charge in [-0.15, -0.1) is 10.2 Å². The fraction of sp³-hybridized carbons (Fsp3) is 0.0909. The molecule has 12 rings (SSSR count). The molecule has 3 N–H and O–H groups in total. The number of halogens is 3. The monoisotopic (exact) mass is 1130 g/mol. The number of methoxy groups -OCH3 is 4. The molecule has 0 fully saturated rings. The summed E-state index contributed by atoms with van der Waals surface area (Å²) in [6, 6.07) is 80.5. The van der Waals surface area contributed by atoms with E-state index in [1.807, 2.05) is 167 Å². The van der Waals surface area contributed by atoms with Gasteiger partial charge in [-0.1, -0.05) is 241 Å². The minimum absolute atomic E-state index is 0.249. The van der Waals surface area contributed by atoms with Crippen LogP contribution in [0.2, 0.25) is 15.5 Å². The number of nitrogens with two attached hydrogens (primary N) is 1. The van der Waals surface area contributed by atoms with Crippen molar-refractivity contribution in [2.45, 2.75) is 11.1 Å². The number of nitrogen functional groups attached to an aromatic ring is 1. The van der Waals surface area contributed by atoms with Crippen LogP contribution in [0.25, 0.3) is 21.8 Å². The smallest absolute Gasteiger partial charge is 0.244 e. The molecule has 0 saturated carbocycles. The van der Waals surface area contributed by atoms with Gasteiger partial charge in [0.05, 0.1) is 50.8 Å². The first-order valence-electron chi connectivity index (χ1n) is 25.7. The molecule has 0 atom stereocenters. The van der Waals surface area contributed by atoms with Crippen molar-refractivity contribution in [3.8, 4) is 23.3 Å². The lowest BCUT2D eigenvalue weighted by Gasteiger charge is -2.36. The topological polar surface area (TPSA) is 136 Å². The van der Waals surface area contributed by atoms with Gasteiger partial charge in [-0.2, -0.15) is 0 Å². The number of fused-ring (bicyclic) bond motifs is 2. The molecule has 0 radical (unpaired) electrons. The molecular formula is C66H55Cl3N8O4. The Hall–Kier alpha value is -9.33. The highest BCUT2D eigenvalue weighted by atomic mass is 35.5. The molecule has 12 nitrogen and oxygen atoms in total. The first kappa shape index (κ1) is 55.0. The fourth-order valence-electron chi connectivity index (χ4n) is 10.3. The number of rotatable bonds is 14. The zero-order chi connectivity index (χ0) is 56.3. The van der Waals surface area contributed by atoms with E-state index in [-0.39, 0.29) is 10.3 Å². The maximum absolute atomic E-state index is 6.71. The molecule has 81 heavy (non-hydrogen) atoms. The summed E-state index contributed by atoms with van der Waals surface area (Å²) >= 11 is 19.6. The molecule has 12 aromatic rings. The number of benzene rings is 8. The van der Waals surface area contributed by atoms with Crippen LogP contribution >= 0.6 is 34.8 Å². The quantitative estimate of drug-likeness (QED) is 0.0615. The number of nitrogens with zero attached hydrogens (tertiary/aromatic N) is 6. The first-order valence-corrected chi connectivity index (χ1v) is 26.8. The van der Waals surface area contributed by atoms with Gasteiger partial charge in [-0.25, -0.2) is 19.3 Å². The third-order valence-electron chi connectivity index (χ3n) is 13.8. The number of para-hydroxylation sites is 4. The third kappa shape index (κ3) is 10.7. The van der Waals surface area contributed by atoms with Crippen LogP contribution in [0.5, 0.6) is 23.3 Å². The van der Waals surface area contributed by atoms with E-state index in [4.69, 9.17) is 69.7 Å². The maximum atomic E-state index is 6.71. The van der Waals surface area contributed by atoms with Crippen LogP contribution in [0.4, 0.5) is 17.2 Å². The minimum atomic E-state index is -0.856. The van der Waals surface area contributed by atoms with E-state index in [9.17, 15) is 0 Å². The Morgan fingerprint density at radius 2 is 0.728 bits per heavy atom. The Morgan fingerprint density at radius 3 is 1.10 bits per heavy atom. The average Bonchev–Trinajstić information content (AvgIpc) is 4.04. The lowest BCUT2D eigenvalue weighted by Crippen LogP contribution is -2.38. The zero-order valence-electron chi connectivity index (χ0n) is 44.6. The first-order chi connectivity index (χ1) is 39.7. The number of pyridine rings is 2. The summed E-state index contributed by atoms with van der Waals surface area (Å²) in [6.07, 6.45) is 0. The van der Waals surface area contributed by atoms with Crippen LogP contribution in [0.15, 0.2) is 243 Å². The van der Waals surface area contributed by atoms with E-state index in [1.165, 1.54) is 0 Å². The summed E-state index contributed by atoms with van der Waals surface area (Å²) in [4.78, 5) is 8.88. The highest BCUT2D eigenvalue weighted by molar-refractivity contribution is 6.37. The lowest BCUT2D eigenvalue weighted by molar-refractivity contribution is 0.378. The summed E-state index contributed by atoms with van der Waals surface area (Å²) in [7, 11) is 6.43. The van der Waals surface area contributed by atoms with Crippen LogP contribution in [-0.2, 0) is 11.1 Å². The van der Waals surface area contributed by atoms with Gasteiger partial charge in [0.1, 0.15) is 54.6 Å². The molecule has 4 heterocycles. The van der Waals surface area contributed by atoms with Crippen molar-refractivity contribution in [1.29, 1.82) is 0 Å². The van der Waals surface area contributed by atoms with Gasteiger partial charge in [0.15, 0.2) is 0 Å². The Labute approximate surface area is 484 Å². The Bertz CT molecular complexity index is 3830. The van der Waals surface area contributed by atoms with Gasteiger partial charge < -0.3 is 30.0 Å². The van der Waals surface area contributed by atoms with Crippen LogP contribution in [0.3, 0.4) is 0 Å². The fourth-order valence-corrected chi connectivity index (χ4v) is 11.0. The van der Waals surface area contributed by atoms with Gasteiger partial charge in [-0.05, 0) is 57.6 Å². The number of anilines is 3. The van der Waals surface area contributed by atoms with Crippen molar-refractivity contribution in [1.82, 2.24) is 29.5 Å². The predicted molar refractivity (Wildman–Crippen MR) is 326 cm³/mol. The van der Waals surface area contributed by atoms with Crippen LogP contribution < -0.4 is 30.0 Å². The molecule has 0 spiro atoms. The number of ether oxygens (including phenoxy) is 4. The maximum Gasteiger partial charge on any atom is 0.244 e. The van der Waals surface area contributed by atoms with Gasteiger partial charge in [0.25, 0.3) is 0 Å². The van der Waals surface area contributed by atoms with Crippen molar-refractivity contribution in [3.05, 3.63) is 291 Å². The van der Waals surface area contributed by atoms with Crippen molar-refractivity contribution in [2.75, 3.05) is 39.5 Å². The van der Waals surface area contributed by atoms with Crippen LogP contribution in [0, 0.1) is 0 Å². The number of nitrogens with one attached hydrogen (secondary N) is 1. The molecule has 0 saturated heterocycles. The van der Waals surface area contributed by atoms with Crippen LogP contribution in [0.1, 0.15) is 33.4 Å². The van der Waals surface area contributed by atoms with E-state index in [2.05, 4.69) is 88.1 Å². The molecular weight excluding hydrogens is 1080 g/mol. The molecule has 404 valence electrons. The summed E-state index contributed by atoms with van der Waals surface area (Å²) in [6.45, 7) is 0. The standard InChI is InChI=1S/C33H27ClN4O2.C26H19Cl2N3O.C7H9NO/c1-39-28-21-13-12-20-26(28)35-31-30-27(22-29(34)36-31)38(37-32(30)40-2)33(23-14-6-3-7-15-23,24-16-8-4-9-17-24)25-18-10-5-11-19-25;1-32-25-23-21(17-22(27)29-24(23)28)31(30-25)26(18-11-5-2-6-12-18,19-13-7-3-8-14-19)20-15-9-4-10-16-20;1-9-7-5-3-2-4-6(7)8/h3-22H,1-2H3,(H,35,36);2-17H,1H3;2-5H,8H2,1H3. The Kier molecular flexibility index (Phi) is 16.8. The molecule has 0 amide bonds. The normalized spacial score (nSPS) is 11.2. The average molecular weight is 1130 g/mol. The van der Waals surface area contributed by atoms with E-state index in [0.717, 1.165) is 55.9 Å². The van der Waals surface area contributed by atoms with Crippen LogP contribution in [-0.4, -0.2) is 58.0 Å². The molecule has 4 aromatic heterocycles. The Morgan fingerprint density at radius 1 is 0.395 bits per heavy atom. The van der Waals surface area contributed by atoms with Crippen molar-refractivity contribution < 1.29 is 18.9 Å². The van der Waals surface area contributed by atoms with Crippen molar-refractivity contribution >= 4 is 73.8 Å². The van der Waals surface area contributed by atoms with Gasteiger partial charge >= 0.3 is 0 Å². The van der Waals surface area contributed by atoms with Gasteiger partial charge in [0.2, 0.25) is 11.8 Å². The van der Waals surface area contributed by atoms with E-state index in [1.54, 1.807) is 40.6 Å². The zero-order valence-corrected chi connectivity index (χ0v) is 46.9. The minimum Gasteiger partial charge on any atom is -0.495 e. The summed E-state index contributed by atoms with van der Waals surface area (Å²) in [5, 5.41) is 15.6. The van der Waals surface area contributed by atoms with Crippen molar-refractivity contribution in [3.63, 3.8) is 0 Å². The molecule has 0 bridgehead atoms. The second-order valence-corrected chi connectivity index (χ2v) is 19.5. The highest BCUT2D eigenvalue weighted by Crippen LogP contribution is 2.47. The molecule has 0 aliphatic carbocycles. The van der Waals surface area contributed by atoms with Crippen molar-refractivity contribution in [2.24, 2.45) is 0 Å². The lowest BCUT2D eigenvalue weighted by atomic mass is 9.77. The van der Waals surface area contributed by atoms with E-state index >= 15 is 0 Å². The molecule has 8 aromatic carbocycles. The van der Waals surface area contributed by atoms with Gasteiger partial charge in [-0.3, -0.25) is 0 Å². The summed E-state index contributed by atoms with van der Waals surface area (Å²) in [5.41, 5.74) is 13.0. The summed E-state index contributed by atoms with van der Waals surface area (Å²) in [5.74, 6) is 2.73. The Balaban J connectivity index is 0.000000160. The second-order valence-electron chi connectivity index (χ2n) is 18.3. The van der Waals surface area contributed by atoms with E-state index in [0.29, 0.717) is 44.9 Å². The highest BCUT2D eigenvalue weighted by Gasteiger charge is 2.43. The predicted octanol–water partition coefficient (Wildman–Crippen LogP) is 15.5. The number of hydrogen-bond donors (Lipinski definition) is 2. The second kappa shape index (κ2) is 24.8. The van der Waals surface area contributed by atoms with E-state index < -0.39 is 11.1 Å². The third-order valence-corrected chi connectivity index (χ3v) is 14.5. The summed E-state index contributed by atoms with van der Waals surface area (Å²) < 4.78 is 26.0. The number of aromatic nitrogens is 6. The molecule has 0 aliphatic heterocycles. The van der Waals surface area contributed by atoms with Gasteiger partial charge in [0, 0.05) is 12.1 Å². The molecule has 0 aliphatic rings. The number of hydrogen-bond acceptors (Lipinski definition) is 10. The largest absolute Gasteiger partial charge is 0.495 e. The molecule has 0 unspecified atom stereocenters. The SMILES string of the molecule is COc1ccccc1N.COc1ccccc1Nc1nc(Cl)cc2c1c(OC)nn2C(c1ccccc1)(c1ccccc1)c1ccccc1.COc1nn(C(c2ccccc2)(c2ccccc2)c2ccccc2)c2cc(Cl)nc(Cl)c12. The molecule has 15 heteroatoms.